The molecule has 4 rings (SSSR count). The third-order valence-electron chi connectivity index (χ3n) is 8.28. The Morgan fingerprint density at radius 3 is 2.18 bits per heavy atom. The molecule has 1 fully saturated rings. The number of hydrogen-bond acceptors (Lipinski definition) is 6. The van der Waals surface area contributed by atoms with Gasteiger partial charge in [-0.15, -0.1) is 0 Å². The van der Waals surface area contributed by atoms with Gasteiger partial charge in [0.25, 0.3) is 5.91 Å². The Hall–Kier alpha value is -3.88. The Morgan fingerprint density at radius 2 is 1.57 bits per heavy atom. The summed E-state index contributed by atoms with van der Waals surface area (Å²) in [5, 5.41) is 5.82. The summed E-state index contributed by atoms with van der Waals surface area (Å²) in [7, 11) is 0. The van der Waals surface area contributed by atoms with Gasteiger partial charge in [-0.25, -0.2) is 9.59 Å². The van der Waals surface area contributed by atoms with Crippen LogP contribution in [0.3, 0.4) is 0 Å². The molecule has 0 saturated heterocycles. The van der Waals surface area contributed by atoms with E-state index in [9.17, 15) is 19.2 Å². The molecule has 44 heavy (non-hydrogen) atoms. The van der Waals surface area contributed by atoms with Crippen LogP contribution in [0.15, 0.2) is 42.5 Å². The lowest BCUT2D eigenvalue weighted by atomic mass is 9.90. The average Bonchev–Trinajstić information content (AvgIpc) is 3.06. The maximum atomic E-state index is 14.2. The highest BCUT2D eigenvalue weighted by molar-refractivity contribution is 6.08. The van der Waals surface area contributed by atoms with Crippen molar-refractivity contribution < 1.29 is 23.9 Å². The lowest BCUT2D eigenvalue weighted by Crippen LogP contribution is -2.55. The van der Waals surface area contributed by atoms with Crippen LogP contribution in [0.5, 0.6) is 0 Å². The Morgan fingerprint density at radius 1 is 0.909 bits per heavy atom. The second-order valence-electron chi connectivity index (χ2n) is 13.9. The third kappa shape index (κ3) is 7.79. The fraction of sp³-hybridized carbons (Fsp3) is 0.543. The van der Waals surface area contributed by atoms with Gasteiger partial charge in [0.15, 0.2) is 5.78 Å². The van der Waals surface area contributed by atoms with Gasteiger partial charge in [0.1, 0.15) is 11.6 Å². The highest BCUT2D eigenvalue weighted by atomic mass is 16.6. The SMILES string of the molecule is CCc1c(NC(=O)NC2CN(C3CCCCC3)c3ccccc3N(CC(=O)C(C)(C)C)C2=O)cccc1C(=O)OC(C)(C)C. The first-order chi connectivity index (χ1) is 20.7. The molecule has 1 aliphatic heterocycles. The van der Waals surface area contributed by atoms with Crippen molar-refractivity contribution >= 4 is 40.8 Å². The average molecular weight is 605 g/mol. The lowest BCUT2D eigenvalue weighted by Gasteiger charge is -2.37. The summed E-state index contributed by atoms with van der Waals surface area (Å²) in [6, 6.07) is 11.6. The minimum Gasteiger partial charge on any atom is -0.456 e. The Bertz CT molecular complexity index is 1380. The van der Waals surface area contributed by atoms with Crippen LogP contribution in [-0.2, 0) is 20.7 Å². The Balaban J connectivity index is 1.65. The Labute approximate surface area is 261 Å². The van der Waals surface area contributed by atoms with Gasteiger partial charge in [-0.05, 0) is 69.9 Å². The second-order valence-corrected chi connectivity index (χ2v) is 13.9. The number of ketones is 1. The van der Waals surface area contributed by atoms with Gasteiger partial charge in [0.05, 0.1) is 23.5 Å². The molecule has 2 aliphatic rings. The molecule has 1 heterocycles. The van der Waals surface area contributed by atoms with Gasteiger partial charge in [-0.1, -0.05) is 65.2 Å². The number of urea groups is 1. The van der Waals surface area contributed by atoms with Crippen LogP contribution in [0.1, 0.15) is 96.5 Å². The summed E-state index contributed by atoms with van der Waals surface area (Å²) in [6.07, 6.45) is 5.88. The normalized spacial score (nSPS) is 17.9. The number of carbonyl (C=O) groups excluding carboxylic acids is 4. The van der Waals surface area contributed by atoms with E-state index in [0.717, 1.165) is 31.4 Å². The van der Waals surface area contributed by atoms with E-state index in [1.807, 2.05) is 72.7 Å². The molecule has 2 aromatic rings. The first kappa shape index (κ1) is 33.0. The van der Waals surface area contributed by atoms with E-state index >= 15 is 0 Å². The van der Waals surface area contributed by atoms with Crippen LogP contribution >= 0.6 is 0 Å². The summed E-state index contributed by atoms with van der Waals surface area (Å²) in [5.74, 6) is -0.861. The molecule has 1 atom stereocenters. The van der Waals surface area contributed by atoms with Gasteiger partial charge in [-0.3, -0.25) is 9.59 Å². The number of nitrogens with zero attached hydrogens (tertiary/aromatic N) is 2. The number of rotatable bonds is 7. The summed E-state index contributed by atoms with van der Waals surface area (Å²) in [4.78, 5) is 57.8. The highest BCUT2D eigenvalue weighted by Gasteiger charge is 2.39. The topological polar surface area (TPSA) is 108 Å². The molecule has 1 saturated carbocycles. The summed E-state index contributed by atoms with van der Waals surface area (Å²) >= 11 is 0. The molecule has 1 unspecified atom stereocenters. The molecule has 0 radical (unpaired) electrons. The van der Waals surface area contributed by atoms with Gasteiger partial charge < -0.3 is 25.2 Å². The van der Waals surface area contributed by atoms with Crippen molar-refractivity contribution in [2.24, 2.45) is 5.41 Å². The number of ether oxygens (including phenoxy) is 1. The molecule has 9 heteroatoms. The molecule has 2 N–H and O–H groups in total. The maximum Gasteiger partial charge on any atom is 0.339 e. The van der Waals surface area contributed by atoms with Crippen LogP contribution in [-0.4, -0.2) is 54.5 Å². The van der Waals surface area contributed by atoms with Crippen molar-refractivity contribution in [2.45, 2.75) is 105 Å². The number of nitrogens with one attached hydrogen (secondary N) is 2. The number of fused-ring (bicyclic) bond motifs is 1. The second kappa shape index (κ2) is 13.4. The number of esters is 1. The van der Waals surface area contributed by atoms with Crippen molar-refractivity contribution in [3.63, 3.8) is 0 Å². The van der Waals surface area contributed by atoms with E-state index in [1.165, 1.54) is 11.3 Å². The van der Waals surface area contributed by atoms with Crippen LogP contribution in [0, 0.1) is 5.41 Å². The van der Waals surface area contributed by atoms with Crippen molar-refractivity contribution in [1.82, 2.24) is 5.32 Å². The number of anilines is 3. The zero-order valence-electron chi connectivity index (χ0n) is 27.3. The molecule has 3 amide bonds. The third-order valence-corrected chi connectivity index (χ3v) is 8.28. The Kier molecular flexibility index (Phi) is 10.1. The van der Waals surface area contributed by atoms with E-state index in [2.05, 4.69) is 15.5 Å². The fourth-order valence-corrected chi connectivity index (χ4v) is 5.93. The smallest absolute Gasteiger partial charge is 0.339 e. The van der Waals surface area contributed by atoms with Gasteiger partial charge >= 0.3 is 12.0 Å². The van der Waals surface area contributed by atoms with Crippen LogP contribution in [0.25, 0.3) is 0 Å². The zero-order chi connectivity index (χ0) is 32.2. The van der Waals surface area contributed by atoms with E-state index in [1.54, 1.807) is 18.2 Å². The maximum absolute atomic E-state index is 14.2. The monoisotopic (exact) mass is 604 g/mol. The van der Waals surface area contributed by atoms with Crippen molar-refractivity contribution in [3.05, 3.63) is 53.6 Å². The number of hydrogen-bond donors (Lipinski definition) is 2. The van der Waals surface area contributed by atoms with Crippen molar-refractivity contribution in [3.8, 4) is 0 Å². The predicted octanol–water partition coefficient (Wildman–Crippen LogP) is 6.50. The van der Waals surface area contributed by atoms with E-state index in [0.29, 0.717) is 28.9 Å². The first-order valence-electron chi connectivity index (χ1n) is 15.8. The number of carbonyl (C=O) groups is 4. The van der Waals surface area contributed by atoms with Crippen LogP contribution in [0.2, 0.25) is 0 Å². The molecule has 238 valence electrons. The minimum atomic E-state index is -0.906. The van der Waals surface area contributed by atoms with Crippen molar-refractivity contribution in [1.29, 1.82) is 0 Å². The molecule has 1 aliphatic carbocycles. The number of benzene rings is 2. The molecule has 2 aromatic carbocycles. The van der Waals surface area contributed by atoms with E-state index < -0.39 is 29.1 Å². The van der Waals surface area contributed by atoms with E-state index in [4.69, 9.17) is 4.74 Å². The number of amides is 3. The quantitative estimate of drug-likeness (QED) is 0.350. The van der Waals surface area contributed by atoms with Crippen LogP contribution in [0.4, 0.5) is 21.9 Å². The fourth-order valence-electron chi connectivity index (χ4n) is 5.93. The standard InChI is InChI=1S/C35H48N4O5/c1-8-24-25(32(42)44-35(5,6)7)17-14-18-26(24)36-33(43)37-27-21-38(23-15-10-9-11-16-23)28-19-12-13-20-29(28)39(31(27)41)22-30(40)34(2,3)4/h12-14,17-20,23,27H,8-11,15-16,21-22H2,1-7H3,(H2,36,37,43). The minimum absolute atomic E-state index is 0.0680. The summed E-state index contributed by atoms with van der Waals surface area (Å²) in [5.41, 5.74) is 1.79. The lowest BCUT2D eigenvalue weighted by molar-refractivity contribution is -0.127. The van der Waals surface area contributed by atoms with Crippen molar-refractivity contribution in [2.75, 3.05) is 28.2 Å². The first-order valence-corrected chi connectivity index (χ1v) is 15.8. The zero-order valence-corrected chi connectivity index (χ0v) is 27.3. The van der Waals surface area contributed by atoms with E-state index in [-0.39, 0.29) is 30.8 Å². The van der Waals surface area contributed by atoms with Crippen LogP contribution < -0.4 is 20.4 Å². The molecular formula is C35H48N4O5. The molecule has 0 bridgehead atoms. The largest absolute Gasteiger partial charge is 0.456 e. The predicted molar refractivity (Wildman–Crippen MR) is 174 cm³/mol. The summed E-state index contributed by atoms with van der Waals surface area (Å²) < 4.78 is 5.59. The molecule has 0 spiro atoms. The van der Waals surface area contributed by atoms with Gasteiger partial charge in [0.2, 0.25) is 0 Å². The highest BCUT2D eigenvalue weighted by Crippen LogP contribution is 2.37. The molecular weight excluding hydrogens is 556 g/mol. The molecule has 9 nitrogen and oxygen atoms in total. The number of para-hydroxylation sites is 2. The van der Waals surface area contributed by atoms with Gasteiger partial charge in [-0.2, -0.15) is 0 Å². The van der Waals surface area contributed by atoms with Gasteiger partial charge in [0, 0.05) is 23.7 Å². The summed E-state index contributed by atoms with van der Waals surface area (Å²) in [6.45, 7) is 13.1. The number of Topliss-reactive ketones (excluding diaryl/α,β-unsaturated/α-hetero) is 1. The molecule has 0 aromatic heterocycles.